The molecule has 116 valence electrons. The smallest absolute Gasteiger partial charge is 0.243 e. The molecule has 0 radical (unpaired) electrons. The quantitative estimate of drug-likeness (QED) is 0.787. The van der Waals surface area contributed by atoms with Gasteiger partial charge in [0.2, 0.25) is 17.7 Å². The van der Waals surface area contributed by atoms with E-state index >= 15 is 0 Å². The topological polar surface area (TPSA) is 60.9 Å². The number of likely N-dealkylation sites (N-methyl/N-ethyl adjacent to an activating group) is 1. The van der Waals surface area contributed by atoms with Crippen molar-refractivity contribution in [1.29, 1.82) is 0 Å². The van der Waals surface area contributed by atoms with Gasteiger partial charge >= 0.3 is 0 Å². The first-order valence-electron chi connectivity index (χ1n) is 7.04. The highest BCUT2D eigenvalue weighted by Gasteiger charge is 2.39. The lowest BCUT2D eigenvalue weighted by Gasteiger charge is -2.20. The number of hydrogen-bond donors (Lipinski definition) is 0. The minimum atomic E-state index is -0.384. The zero-order valence-electron chi connectivity index (χ0n) is 12.2. The first-order valence-corrected chi connectivity index (χ1v) is 7.83. The molecule has 1 atom stereocenters. The van der Waals surface area contributed by atoms with Gasteiger partial charge in [-0.15, -0.1) is 0 Å². The number of anilines is 1. The summed E-state index contributed by atoms with van der Waals surface area (Å²) < 4.78 is 0.888. The molecule has 2 fully saturated rings. The molecule has 1 aromatic carbocycles. The average Bonchev–Trinajstić information content (AvgIpc) is 3.02. The van der Waals surface area contributed by atoms with Crippen molar-refractivity contribution < 1.29 is 14.4 Å². The van der Waals surface area contributed by atoms with Gasteiger partial charge in [-0.05, 0) is 18.2 Å². The Morgan fingerprint density at radius 1 is 1.27 bits per heavy atom. The van der Waals surface area contributed by atoms with Crippen LogP contribution < -0.4 is 4.90 Å². The van der Waals surface area contributed by atoms with Crippen LogP contribution in [0.3, 0.4) is 0 Å². The Hall–Kier alpha value is -1.89. The number of nitrogens with zero attached hydrogens (tertiary/aromatic N) is 3. The van der Waals surface area contributed by atoms with Gasteiger partial charge in [0.25, 0.3) is 0 Å². The highest BCUT2D eigenvalue weighted by atomic mass is 79.9. The van der Waals surface area contributed by atoms with Crippen molar-refractivity contribution >= 4 is 39.3 Å². The van der Waals surface area contributed by atoms with Gasteiger partial charge in [-0.2, -0.15) is 0 Å². The molecule has 2 aliphatic rings. The molecule has 0 saturated carbocycles. The Kier molecular flexibility index (Phi) is 3.90. The molecule has 0 N–H and O–H groups in total. The minimum Gasteiger partial charge on any atom is -0.326 e. The van der Waals surface area contributed by atoms with Gasteiger partial charge in [0.1, 0.15) is 6.54 Å². The number of halogens is 1. The molecule has 1 aromatic rings. The van der Waals surface area contributed by atoms with Gasteiger partial charge in [-0.3, -0.25) is 14.4 Å². The lowest BCUT2D eigenvalue weighted by atomic mass is 10.1. The monoisotopic (exact) mass is 365 g/mol. The van der Waals surface area contributed by atoms with E-state index in [4.69, 9.17) is 0 Å². The number of rotatable bonds is 2. The zero-order chi connectivity index (χ0) is 15.9. The number of amides is 3. The number of carbonyl (C=O) groups excluding carboxylic acids is 3. The molecule has 0 aliphatic carbocycles. The summed E-state index contributed by atoms with van der Waals surface area (Å²) in [6.07, 6.45) is 0.194. The minimum absolute atomic E-state index is 0.0599. The Labute approximate surface area is 136 Å². The van der Waals surface area contributed by atoms with Gasteiger partial charge < -0.3 is 14.7 Å². The van der Waals surface area contributed by atoms with E-state index < -0.39 is 0 Å². The summed E-state index contributed by atoms with van der Waals surface area (Å²) >= 11 is 3.38. The summed E-state index contributed by atoms with van der Waals surface area (Å²) in [4.78, 5) is 40.9. The molecule has 2 saturated heterocycles. The molecule has 0 spiro atoms. The van der Waals surface area contributed by atoms with E-state index in [9.17, 15) is 14.4 Å². The fourth-order valence-electron chi connectivity index (χ4n) is 2.84. The average molecular weight is 366 g/mol. The van der Waals surface area contributed by atoms with Crippen LogP contribution in [-0.2, 0) is 14.4 Å². The highest BCUT2D eigenvalue weighted by Crippen LogP contribution is 2.28. The molecule has 2 aliphatic heterocycles. The van der Waals surface area contributed by atoms with Gasteiger partial charge in [0, 0.05) is 30.2 Å². The van der Waals surface area contributed by atoms with Crippen LogP contribution in [0.15, 0.2) is 28.7 Å². The largest absolute Gasteiger partial charge is 0.326 e. The maximum Gasteiger partial charge on any atom is 0.243 e. The molecular formula is C15H16BrN3O3. The number of benzene rings is 1. The van der Waals surface area contributed by atoms with Crippen molar-refractivity contribution in [2.24, 2.45) is 5.92 Å². The van der Waals surface area contributed by atoms with Crippen LogP contribution in [0.2, 0.25) is 0 Å². The SMILES string of the molecule is CN1CN(C(=O)C2CC(=O)N(c3cccc(Br)c3)C2)CC1=O. The molecule has 0 bridgehead atoms. The predicted molar refractivity (Wildman–Crippen MR) is 84.0 cm³/mol. The summed E-state index contributed by atoms with van der Waals surface area (Å²) in [5.41, 5.74) is 0.782. The summed E-state index contributed by atoms with van der Waals surface area (Å²) in [5.74, 6) is -0.633. The third-order valence-corrected chi connectivity index (χ3v) is 4.53. The molecule has 2 heterocycles. The van der Waals surface area contributed by atoms with Crippen molar-refractivity contribution in [3.63, 3.8) is 0 Å². The molecular weight excluding hydrogens is 350 g/mol. The van der Waals surface area contributed by atoms with Crippen LogP contribution in [-0.4, -0.2) is 54.3 Å². The van der Waals surface area contributed by atoms with Crippen LogP contribution in [0.4, 0.5) is 5.69 Å². The molecule has 6 nitrogen and oxygen atoms in total. The Morgan fingerprint density at radius 3 is 2.68 bits per heavy atom. The standard InChI is InChI=1S/C15H16BrN3O3/c1-17-9-18(8-14(17)21)15(22)10-5-13(20)19(7-10)12-4-2-3-11(16)6-12/h2-4,6,10H,5,7-9H2,1H3. The molecule has 3 rings (SSSR count). The summed E-state index contributed by atoms with van der Waals surface area (Å²) in [6, 6.07) is 7.45. The van der Waals surface area contributed by atoms with Crippen molar-refractivity contribution in [2.45, 2.75) is 6.42 Å². The van der Waals surface area contributed by atoms with E-state index in [0.29, 0.717) is 13.2 Å². The molecule has 22 heavy (non-hydrogen) atoms. The lowest BCUT2D eigenvalue weighted by molar-refractivity contribution is -0.135. The Balaban J connectivity index is 1.72. The second kappa shape index (κ2) is 5.72. The predicted octanol–water partition coefficient (Wildman–Crippen LogP) is 1.06. The molecule has 0 aromatic heterocycles. The molecule has 1 unspecified atom stereocenters. The number of carbonyl (C=O) groups is 3. The van der Waals surface area contributed by atoms with Crippen LogP contribution in [0, 0.1) is 5.92 Å². The first-order chi connectivity index (χ1) is 10.5. The highest BCUT2D eigenvalue weighted by molar-refractivity contribution is 9.10. The van der Waals surface area contributed by atoms with E-state index in [1.165, 1.54) is 9.80 Å². The summed E-state index contributed by atoms with van der Waals surface area (Å²) in [7, 11) is 1.67. The maximum absolute atomic E-state index is 12.5. The van der Waals surface area contributed by atoms with E-state index in [1.807, 2.05) is 24.3 Å². The second-order valence-corrected chi connectivity index (χ2v) is 6.57. The van der Waals surface area contributed by atoms with Crippen molar-refractivity contribution in [2.75, 3.05) is 31.7 Å². The van der Waals surface area contributed by atoms with E-state index in [2.05, 4.69) is 15.9 Å². The van der Waals surface area contributed by atoms with E-state index in [0.717, 1.165) is 10.2 Å². The maximum atomic E-state index is 12.5. The summed E-state index contributed by atoms with van der Waals surface area (Å²) in [6.45, 7) is 0.776. The van der Waals surface area contributed by atoms with Crippen LogP contribution in [0.5, 0.6) is 0 Å². The third-order valence-electron chi connectivity index (χ3n) is 4.04. The van der Waals surface area contributed by atoms with Gasteiger partial charge in [-0.1, -0.05) is 22.0 Å². The van der Waals surface area contributed by atoms with Gasteiger partial charge in [0.15, 0.2) is 0 Å². The van der Waals surface area contributed by atoms with Crippen LogP contribution in [0.25, 0.3) is 0 Å². The summed E-state index contributed by atoms with van der Waals surface area (Å²) in [5, 5.41) is 0. The fraction of sp³-hybridized carbons (Fsp3) is 0.400. The third kappa shape index (κ3) is 2.72. The molecule has 3 amide bonds. The fourth-order valence-corrected chi connectivity index (χ4v) is 3.23. The van der Waals surface area contributed by atoms with Crippen LogP contribution in [0.1, 0.15) is 6.42 Å². The zero-order valence-corrected chi connectivity index (χ0v) is 13.7. The van der Waals surface area contributed by atoms with E-state index in [-0.39, 0.29) is 36.6 Å². The molecule has 7 heteroatoms. The second-order valence-electron chi connectivity index (χ2n) is 5.65. The van der Waals surface area contributed by atoms with Crippen LogP contribution >= 0.6 is 15.9 Å². The van der Waals surface area contributed by atoms with Crippen molar-refractivity contribution in [3.05, 3.63) is 28.7 Å². The van der Waals surface area contributed by atoms with Gasteiger partial charge in [0.05, 0.1) is 12.6 Å². The Morgan fingerprint density at radius 2 is 2.05 bits per heavy atom. The lowest BCUT2D eigenvalue weighted by Crippen LogP contribution is -2.36. The first kappa shape index (κ1) is 15.0. The normalized spacial score (nSPS) is 21.9. The van der Waals surface area contributed by atoms with E-state index in [1.54, 1.807) is 11.9 Å². The van der Waals surface area contributed by atoms with Gasteiger partial charge in [-0.25, -0.2) is 0 Å². The van der Waals surface area contributed by atoms with Crippen molar-refractivity contribution in [3.8, 4) is 0 Å². The van der Waals surface area contributed by atoms with Crippen molar-refractivity contribution in [1.82, 2.24) is 9.80 Å². The Bertz CT molecular complexity index is 649. The number of hydrogen-bond acceptors (Lipinski definition) is 3.